The Bertz CT molecular complexity index is 95.6. The summed E-state index contributed by atoms with van der Waals surface area (Å²) in [5, 5.41) is 3.85. The molecule has 0 radical (unpaired) electrons. The van der Waals surface area contributed by atoms with Crippen LogP contribution in [0.3, 0.4) is 0 Å². The minimum absolute atomic E-state index is 0.0771. The fourth-order valence-corrected chi connectivity index (χ4v) is 0.369. The van der Waals surface area contributed by atoms with Gasteiger partial charge >= 0.3 is 0 Å². The van der Waals surface area contributed by atoms with Crippen LogP contribution >= 0.6 is 0 Å². The smallest absolute Gasteiger partial charge is 0.115 e. The molecule has 0 bridgehead atoms. The molecule has 0 aromatic carbocycles. The molecule has 0 aliphatic heterocycles. The van der Waals surface area contributed by atoms with Gasteiger partial charge in [0.05, 0.1) is 0 Å². The Kier molecular flexibility index (Phi) is 5.29. The molecule has 52 valence electrons. The van der Waals surface area contributed by atoms with Gasteiger partial charge in [-0.25, -0.2) is 0 Å². The minimum Gasteiger partial charge on any atom is -0.663 e. The topological polar surface area (TPSA) is 23.3 Å². The molecule has 0 fully saturated rings. The van der Waals surface area contributed by atoms with E-state index in [0.717, 1.165) is 6.54 Å². The maximum absolute atomic E-state index is 5.10. The first-order chi connectivity index (χ1) is 4.31. The molecule has 0 saturated heterocycles. The Morgan fingerprint density at radius 1 is 1.78 bits per heavy atom. The van der Waals surface area contributed by atoms with Crippen LogP contribution in [0.15, 0.2) is 0 Å². The highest BCUT2D eigenvalue weighted by molar-refractivity contribution is 4.91. The van der Waals surface area contributed by atoms with Crippen LogP contribution in [0.25, 0.3) is 5.32 Å². The normalized spacial score (nSPS) is 12.6. The second-order valence-electron chi connectivity index (χ2n) is 1.72. The molecule has 0 aliphatic rings. The predicted molar refractivity (Wildman–Crippen MR) is 38.4 cm³/mol. The number of ether oxygens (including phenoxy) is 1. The number of likely N-dealkylation sites (N-methyl/N-ethyl adjacent to an activating group) is 1. The fourth-order valence-electron chi connectivity index (χ4n) is 0.369. The van der Waals surface area contributed by atoms with Crippen molar-refractivity contribution in [3.05, 3.63) is 5.32 Å². The van der Waals surface area contributed by atoms with Gasteiger partial charge in [-0.05, 0) is 6.92 Å². The van der Waals surface area contributed by atoms with Crippen LogP contribution in [0.1, 0.15) is 6.92 Å². The lowest BCUT2D eigenvalue weighted by molar-refractivity contribution is 0.114. The van der Waals surface area contributed by atoms with Crippen molar-refractivity contribution in [2.24, 2.45) is 0 Å². The van der Waals surface area contributed by atoms with Gasteiger partial charge in [0.2, 0.25) is 0 Å². The van der Waals surface area contributed by atoms with Gasteiger partial charge in [0, 0.05) is 6.61 Å². The molecular weight excluding hydrogens is 114 g/mol. The lowest BCUT2D eigenvalue weighted by Crippen LogP contribution is -2.07. The van der Waals surface area contributed by atoms with Crippen molar-refractivity contribution >= 4 is 0 Å². The summed E-state index contributed by atoms with van der Waals surface area (Å²) in [6.45, 7) is 3.20. The summed E-state index contributed by atoms with van der Waals surface area (Å²) < 4.78 is 5.10. The molecule has 1 unspecified atom stereocenters. The van der Waals surface area contributed by atoms with Gasteiger partial charge in [0.15, 0.2) is 0 Å². The Morgan fingerprint density at radius 2 is 2.44 bits per heavy atom. The van der Waals surface area contributed by atoms with E-state index in [1.807, 2.05) is 6.92 Å². The number of terminal acetylenes is 1. The summed E-state index contributed by atoms with van der Waals surface area (Å²) in [4.78, 5) is 0. The van der Waals surface area contributed by atoms with Crippen LogP contribution in [0.5, 0.6) is 0 Å². The largest absolute Gasteiger partial charge is 0.663 e. The number of hydrogen-bond acceptors (Lipinski definition) is 1. The zero-order valence-electron chi connectivity index (χ0n) is 5.92. The SMILES string of the molecule is C#CC(C)OCC[N-]C. The molecule has 0 aromatic rings. The van der Waals surface area contributed by atoms with Gasteiger partial charge in [-0.1, -0.05) is 5.92 Å². The van der Waals surface area contributed by atoms with E-state index in [-0.39, 0.29) is 6.10 Å². The van der Waals surface area contributed by atoms with E-state index < -0.39 is 0 Å². The quantitative estimate of drug-likeness (QED) is 0.407. The van der Waals surface area contributed by atoms with Crippen LogP contribution in [0.2, 0.25) is 0 Å². The van der Waals surface area contributed by atoms with Crippen molar-refractivity contribution in [3.63, 3.8) is 0 Å². The molecule has 9 heavy (non-hydrogen) atoms. The summed E-state index contributed by atoms with van der Waals surface area (Å²) in [6, 6.07) is 0. The van der Waals surface area contributed by atoms with Crippen molar-refractivity contribution < 1.29 is 4.74 Å². The molecule has 0 spiro atoms. The lowest BCUT2D eigenvalue weighted by atomic mass is 10.4. The molecule has 0 amide bonds. The Hall–Kier alpha value is -0.520. The molecule has 0 aromatic heterocycles. The fraction of sp³-hybridized carbons (Fsp3) is 0.714. The van der Waals surface area contributed by atoms with Crippen LogP contribution in [0.4, 0.5) is 0 Å². The van der Waals surface area contributed by atoms with Crippen LogP contribution < -0.4 is 0 Å². The minimum atomic E-state index is -0.0771. The first kappa shape index (κ1) is 8.48. The number of nitrogens with zero attached hydrogens (tertiary/aromatic N) is 1. The van der Waals surface area contributed by atoms with Crippen LogP contribution in [-0.2, 0) is 4.74 Å². The predicted octanol–water partition coefficient (Wildman–Crippen LogP) is 1.03. The van der Waals surface area contributed by atoms with E-state index in [2.05, 4.69) is 11.2 Å². The number of hydrogen-bond donors (Lipinski definition) is 0. The highest BCUT2D eigenvalue weighted by atomic mass is 16.5. The average molecular weight is 126 g/mol. The van der Waals surface area contributed by atoms with E-state index in [0.29, 0.717) is 6.61 Å². The molecule has 0 aliphatic carbocycles. The third-order valence-corrected chi connectivity index (χ3v) is 0.917. The molecule has 2 heteroatoms. The van der Waals surface area contributed by atoms with Gasteiger partial charge in [-0.3, -0.25) is 0 Å². The highest BCUT2D eigenvalue weighted by Gasteiger charge is 1.89. The lowest BCUT2D eigenvalue weighted by Gasteiger charge is -2.12. The Labute approximate surface area is 56.6 Å². The van der Waals surface area contributed by atoms with E-state index in [1.54, 1.807) is 7.05 Å². The van der Waals surface area contributed by atoms with Crippen LogP contribution in [-0.4, -0.2) is 26.3 Å². The van der Waals surface area contributed by atoms with Gasteiger partial charge in [-0.15, -0.1) is 13.0 Å². The maximum Gasteiger partial charge on any atom is 0.115 e. The van der Waals surface area contributed by atoms with E-state index in [1.165, 1.54) is 0 Å². The number of rotatable bonds is 4. The molecule has 2 nitrogen and oxygen atoms in total. The second kappa shape index (κ2) is 5.61. The first-order valence-electron chi connectivity index (χ1n) is 2.94. The molecule has 0 rings (SSSR count). The van der Waals surface area contributed by atoms with Crippen molar-refractivity contribution in [2.75, 3.05) is 20.2 Å². The Balaban J connectivity index is 2.99. The summed E-state index contributed by atoms with van der Waals surface area (Å²) in [7, 11) is 1.75. The van der Waals surface area contributed by atoms with E-state index in [9.17, 15) is 0 Å². The zero-order chi connectivity index (χ0) is 7.11. The third-order valence-electron chi connectivity index (χ3n) is 0.917. The Morgan fingerprint density at radius 3 is 2.89 bits per heavy atom. The van der Waals surface area contributed by atoms with Crippen LogP contribution in [0, 0.1) is 12.3 Å². The molecular formula is C7H12NO-. The van der Waals surface area contributed by atoms with Gasteiger partial charge in [0.25, 0.3) is 0 Å². The van der Waals surface area contributed by atoms with Crippen molar-refractivity contribution in [2.45, 2.75) is 13.0 Å². The second-order valence-corrected chi connectivity index (χ2v) is 1.72. The average Bonchev–Trinajstić information content (AvgIpc) is 1.89. The summed E-state index contributed by atoms with van der Waals surface area (Å²) in [6.07, 6.45) is 4.97. The molecule has 1 atom stereocenters. The van der Waals surface area contributed by atoms with Crippen molar-refractivity contribution in [1.29, 1.82) is 0 Å². The summed E-state index contributed by atoms with van der Waals surface area (Å²) in [5.74, 6) is 2.46. The van der Waals surface area contributed by atoms with Gasteiger partial charge < -0.3 is 10.1 Å². The van der Waals surface area contributed by atoms with Gasteiger partial charge in [0.1, 0.15) is 6.10 Å². The molecule has 0 heterocycles. The van der Waals surface area contributed by atoms with Gasteiger partial charge in [-0.2, -0.15) is 7.05 Å². The molecule has 0 saturated carbocycles. The maximum atomic E-state index is 5.10. The monoisotopic (exact) mass is 126 g/mol. The standard InChI is InChI=1S/C7H12NO/c1-4-7(2)9-6-5-8-3/h1,7H,5-6H2,2-3H3/q-1. The van der Waals surface area contributed by atoms with E-state index in [4.69, 9.17) is 11.2 Å². The summed E-state index contributed by atoms with van der Waals surface area (Å²) in [5.41, 5.74) is 0. The van der Waals surface area contributed by atoms with E-state index >= 15 is 0 Å². The first-order valence-corrected chi connectivity index (χ1v) is 2.94. The highest BCUT2D eigenvalue weighted by Crippen LogP contribution is 1.87. The zero-order valence-corrected chi connectivity index (χ0v) is 5.92. The molecule has 0 N–H and O–H groups in total. The summed E-state index contributed by atoms with van der Waals surface area (Å²) >= 11 is 0. The third kappa shape index (κ3) is 5.35. The van der Waals surface area contributed by atoms with Crippen molar-refractivity contribution in [3.8, 4) is 12.3 Å². The van der Waals surface area contributed by atoms with Crippen molar-refractivity contribution in [1.82, 2.24) is 0 Å².